The summed E-state index contributed by atoms with van der Waals surface area (Å²) in [5.74, 6) is 1.05. The molecule has 27 heavy (non-hydrogen) atoms. The van der Waals surface area contributed by atoms with Crippen molar-refractivity contribution < 1.29 is 42.2 Å². The second kappa shape index (κ2) is 9.97. The van der Waals surface area contributed by atoms with Crippen LogP contribution in [0.5, 0.6) is 0 Å². The molecule has 0 saturated heterocycles. The van der Waals surface area contributed by atoms with Crippen LogP contribution in [0.2, 0.25) is 0 Å². The van der Waals surface area contributed by atoms with E-state index in [1.165, 1.54) is 16.7 Å². The topological polar surface area (TPSA) is 17.8 Å². The molecule has 0 spiro atoms. The van der Waals surface area contributed by atoms with E-state index in [0.29, 0.717) is 0 Å². The van der Waals surface area contributed by atoms with Gasteiger partial charge in [0.25, 0.3) is 0 Å². The summed E-state index contributed by atoms with van der Waals surface area (Å²) < 4.78 is 2.14. The van der Waals surface area contributed by atoms with Gasteiger partial charge in [-0.25, -0.2) is 4.98 Å². The Morgan fingerprint density at radius 1 is 0.889 bits per heavy atom. The standard InChI is InChI=1S/C22H20N2.2ClH.Cr/c1-24-17-16-23-21(24)22(20-14-8-9-15-20,18-10-4-2-5-11-18)19-12-6-3-7-13-19;;;/h2-14,16-17H,15H2,1H3;2*1H;/q;;;+2/p-2. The van der Waals surface area contributed by atoms with Crippen LogP contribution in [0, 0.1) is 0 Å². The molecule has 138 valence electrons. The smallest absolute Gasteiger partial charge is 1.00 e. The molecule has 0 radical (unpaired) electrons. The van der Waals surface area contributed by atoms with Crippen LogP contribution in [0.25, 0.3) is 0 Å². The molecular formula is C22H20Cl2CrN2. The number of nitrogens with zero attached hydrogens (tertiary/aromatic N) is 2. The van der Waals surface area contributed by atoms with Gasteiger partial charge in [0.05, 0.1) is 5.41 Å². The molecule has 3 aromatic rings. The van der Waals surface area contributed by atoms with Crippen molar-refractivity contribution in [3.8, 4) is 0 Å². The SMILES string of the molecule is Cn1ccnc1C(C1=CC=CC1)(c1ccccc1)c1ccccc1.[Cl-].[Cl-].[Cr+2]. The van der Waals surface area contributed by atoms with Crippen LogP contribution in [-0.2, 0) is 29.8 Å². The normalized spacial score (nSPS) is 12.4. The first-order chi connectivity index (χ1) is 11.8. The van der Waals surface area contributed by atoms with Crippen molar-refractivity contribution >= 4 is 0 Å². The molecule has 0 fully saturated rings. The molecule has 1 heterocycles. The Balaban J connectivity index is 0.00000121. The van der Waals surface area contributed by atoms with Crippen molar-refractivity contribution in [2.24, 2.45) is 7.05 Å². The molecular weight excluding hydrogens is 415 g/mol. The maximum absolute atomic E-state index is 4.78. The maximum Gasteiger partial charge on any atom is 2.00 e. The zero-order valence-corrected chi connectivity index (χ0v) is 17.7. The number of aromatic nitrogens is 2. The van der Waals surface area contributed by atoms with Gasteiger partial charge in [-0.15, -0.1) is 0 Å². The number of halogens is 2. The quantitative estimate of drug-likeness (QED) is 0.496. The number of hydrogen-bond acceptors (Lipinski definition) is 1. The van der Waals surface area contributed by atoms with Gasteiger partial charge < -0.3 is 29.4 Å². The molecule has 0 unspecified atom stereocenters. The van der Waals surface area contributed by atoms with Gasteiger partial charge >= 0.3 is 17.4 Å². The molecule has 2 aromatic carbocycles. The first-order valence-electron chi connectivity index (χ1n) is 8.28. The third kappa shape index (κ3) is 3.93. The minimum Gasteiger partial charge on any atom is -1.00 e. The van der Waals surface area contributed by atoms with Crippen LogP contribution >= 0.6 is 0 Å². The van der Waals surface area contributed by atoms with Gasteiger partial charge in [-0.2, -0.15) is 0 Å². The summed E-state index contributed by atoms with van der Waals surface area (Å²) >= 11 is 0. The Morgan fingerprint density at radius 3 is 1.85 bits per heavy atom. The van der Waals surface area contributed by atoms with E-state index in [4.69, 9.17) is 4.98 Å². The van der Waals surface area contributed by atoms with Crippen molar-refractivity contribution in [2.75, 3.05) is 0 Å². The van der Waals surface area contributed by atoms with Gasteiger partial charge in [0.15, 0.2) is 0 Å². The van der Waals surface area contributed by atoms with Crippen LogP contribution in [0.3, 0.4) is 0 Å². The molecule has 0 saturated carbocycles. The summed E-state index contributed by atoms with van der Waals surface area (Å²) in [5, 5.41) is 0. The van der Waals surface area contributed by atoms with E-state index in [9.17, 15) is 0 Å². The van der Waals surface area contributed by atoms with E-state index >= 15 is 0 Å². The van der Waals surface area contributed by atoms with Crippen molar-refractivity contribution in [3.05, 3.63) is 114 Å². The van der Waals surface area contributed by atoms with Crippen molar-refractivity contribution in [1.82, 2.24) is 9.55 Å². The van der Waals surface area contributed by atoms with Gasteiger partial charge in [-0.1, -0.05) is 78.9 Å². The summed E-state index contributed by atoms with van der Waals surface area (Å²) in [4.78, 5) is 4.78. The molecule has 1 aliphatic rings. The fourth-order valence-corrected chi connectivity index (χ4v) is 3.77. The Labute approximate surface area is 184 Å². The Kier molecular flexibility index (Phi) is 8.60. The predicted molar refractivity (Wildman–Crippen MR) is 97.8 cm³/mol. The Morgan fingerprint density at radius 2 is 1.44 bits per heavy atom. The predicted octanol–water partition coefficient (Wildman–Crippen LogP) is -1.35. The molecule has 2 nitrogen and oxygen atoms in total. The van der Waals surface area contributed by atoms with Gasteiger partial charge in [-0.05, 0) is 23.1 Å². The average molecular weight is 435 g/mol. The molecule has 4 rings (SSSR count). The monoisotopic (exact) mass is 434 g/mol. The first-order valence-corrected chi connectivity index (χ1v) is 8.28. The van der Waals surface area contributed by atoms with E-state index in [0.717, 1.165) is 12.2 Å². The minimum absolute atomic E-state index is 0. The van der Waals surface area contributed by atoms with Crippen LogP contribution in [-0.4, -0.2) is 9.55 Å². The second-order valence-electron chi connectivity index (χ2n) is 6.17. The second-order valence-corrected chi connectivity index (χ2v) is 6.17. The summed E-state index contributed by atoms with van der Waals surface area (Å²) in [6.07, 6.45) is 11.5. The fourth-order valence-electron chi connectivity index (χ4n) is 3.77. The zero-order chi connectivity index (χ0) is 16.4. The van der Waals surface area contributed by atoms with E-state index in [1.54, 1.807) is 0 Å². The van der Waals surface area contributed by atoms with Crippen LogP contribution in [0.4, 0.5) is 0 Å². The first kappa shape index (κ1) is 23.3. The number of benzene rings is 2. The molecule has 1 aliphatic carbocycles. The van der Waals surface area contributed by atoms with Crippen molar-refractivity contribution in [3.63, 3.8) is 0 Å². The molecule has 5 heteroatoms. The molecule has 0 aliphatic heterocycles. The fraction of sp³-hybridized carbons (Fsp3) is 0.136. The third-order valence-corrected chi connectivity index (χ3v) is 4.82. The summed E-state index contributed by atoms with van der Waals surface area (Å²) in [6.45, 7) is 0. The number of imidazole rings is 1. The zero-order valence-electron chi connectivity index (χ0n) is 14.9. The molecule has 0 amide bonds. The van der Waals surface area contributed by atoms with E-state index in [-0.39, 0.29) is 47.6 Å². The molecule has 0 N–H and O–H groups in total. The van der Waals surface area contributed by atoms with E-state index in [1.807, 2.05) is 12.4 Å². The van der Waals surface area contributed by atoms with Gasteiger partial charge in [-0.3, -0.25) is 0 Å². The molecule has 1 aromatic heterocycles. The third-order valence-electron chi connectivity index (χ3n) is 4.82. The summed E-state index contributed by atoms with van der Waals surface area (Å²) in [7, 11) is 2.08. The van der Waals surface area contributed by atoms with Crippen LogP contribution in [0.15, 0.2) is 96.9 Å². The molecule has 0 bridgehead atoms. The van der Waals surface area contributed by atoms with Gasteiger partial charge in [0.2, 0.25) is 0 Å². The van der Waals surface area contributed by atoms with Gasteiger partial charge in [0.1, 0.15) is 5.82 Å². The summed E-state index contributed by atoms with van der Waals surface area (Å²) in [5.41, 5.74) is 3.49. The largest absolute Gasteiger partial charge is 2.00 e. The van der Waals surface area contributed by atoms with Crippen molar-refractivity contribution in [1.29, 1.82) is 0 Å². The minimum atomic E-state index is -0.371. The number of aryl methyl sites for hydroxylation is 1. The van der Waals surface area contributed by atoms with Gasteiger partial charge in [0, 0.05) is 19.4 Å². The number of allylic oxidation sites excluding steroid dienone is 4. The number of rotatable bonds is 4. The maximum atomic E-state index is 4.78. The van der Waals surface area contributed by atoms with Crippen LogP contribution < -0.4 is 24.8 Å². The van der Waals surface area contributed by atoms with E-state index < -0.39 is 0 Å². The number of hydrogen-bond donors (Lipinski definition) is 0. The average Bonchev–Trinajstić information content (AvgIpc) is 3.31. The Hall–Kier alpha value is -1.76. The van der Waals surface area contributed by atoms with Crippen molar-refractivity contribution in [2.45, 2.75) is 11.8 Å². The summed E-state index contributed by atoms with van der Waals surface area (Å²) in [6, 6.07) is 21.4. The Bertz CT molecular complexity index is 863. The van der Waals surface area contributed by atoms with E-state index in [2.05, 4.69) is 90.5 Å². The van der Waals surface area contributed by atoms with Crippen LogP contribution in [0.1, 0.15) is 23.4 Å². The molecule has 0 atom stereocenters.